The molecule has 0 aliphatic heterocycles. The lowest BCUT2D eigenvalue weighted by atomic mass is 10.2. The van der Waals surface area contributed by atoms with E-state index in [0.717, 1.165) is 23.0 Å². The lowest BCUT2D eigenvalue weighted by Gasteiger charge is -2.19. The van der Waals surface area contributed by atoms with Gasteiger partial charge in [-0.05, 0) is 26.8 Å². The van der Waals surface area contributed by atoms with Gasteiger partial charge in [-0.2, -0.15) is 0 Å². The summed E-state index contributed by atoms with van der Waals surface area (Å²) in [6, 6.07) is 8.13. The van der Waals surface area contributed by atoms with E-state index in [2.05, 4.69) is 31.4 Å². The number of aliphatic hydroxyl groups is 1. The molecule has 1 N–H and O–H groups in total. The number of para-hydroxylation sites is 1. The first-order valence-corrected chi connectivity index (χ1v) is 6.33. The zero-order valence-corrected chi connectivity index (χ0v) is 11.3. The van der Waals surface area contributed by atoms with E-state index in [9.17, 15) is 5.11 Å². The summed E-state index contributed by atoms with van der Waals surface area (Å²) in [6.07, 6.45) is 2.01. The van der Waals surface area contributed by atoms with Crippen LogP contribution >= 0.6 is 0 Å². The Bertz CT molecular complexity index is 523. The van der Waals surface area contributed by atoms with Crippen LogP contribution in [0.1, 0.15) is 26.3 Å². The summed E-state index contributed by atoms with van der Waals surface area (Å²) in [5.41, 5.74) is 2.02. The lowest BCUT2D eigenvalue weighted by Crippen LogP contribution is -2.21. The Morgan fingerprint density at radius 2 is 1.94 bits per heavy atom. The summed E-state index contributed by atoms with van der Waals surface area (Å²) >= 11 is 0. The molecule has 98 valence electrons. The van der Waals surface area contributed by atoms with Crippen LogP contribution in [0.3, 0.4) is 0 Å². The molecule has 0 amide bonds. The molecule has 0 unspecified atom stereocenters. The number of benzene rings is 1. The van der Waals surface area contributed by atoms with E-state index in [4.69, 9.17) is 4.74 Å². The number of rotatable bonds is 4. The van der Waals surface area contributed by atoms with Crippen LogP contribution in [-0.4, -0.2) is 21.9 Å². The molecule has 18 heavy (non-hydrogen) atoms. The summed E-state index contributed by atoms with van der Waals surface area (Å²) in [7, 11) is 0. The van der Waals surface area contributed by atoms with E-state index in [0.29, 0.717) is 6.61 Å². The fraction of sp³-hybridized carbons (Fsp3) is 0.467. The van der Waals surface area contributed by atoms with Crippen molar-refractivity contribution >= 4 is 10.9 Å². The second-order valence-electron chi connectivity index (χ2n) is 5.48. The summed E-state index contributed by atoms with van der Waals surface area (Å²) in [5.74, 6) is 0. The molecule has 2 rings (SSSR count). The van der Waals surface area contributed by atoms with E-state index >= 15 is 0 Å². The predicted octanol–water partition coefficient (Wildman–Crippen LogP) is 2.95. The number of fused-ring (bicyclic) bond motifs is 1. The highest BCUT2D eigenvalue weighted by Crippen LogP contribution is 2.21. The third kappa shape index (κ3) is 2.92. The molecule has 0 atom stereocenters. The topological polar surface area (TPSA) is 34.4 Å². The van der Waals surface area contributed by atoms with E-state index < -0.39 is 0 Å². The van der Waals surface area contributed by atoms with Gasteiger partial charge in [-0.25, -0.2) is 0 Å². The van der Waals surface area contributed by atoms with Gasteiger partial charge < -0.3 is 14.4 Å². The maximum Gasteiger partial charge on any atom is 0.0702 e. The van der Waals surface area contributed by atoms with Gasteiger partial charge in [0.25, 0.3) is 0 Å². The highest BCUT2D eigenvalue weighted by molar-refractivity contribution is 5.83. The molecule has 3 nitrogen and oxygen atoms in total. The number of hydrogen-bond acceptors (Lipinski definition) is 2. The third-order valence-corrected chi connectivity index (χ3v) is 2.91. The molecule has 0 aliphatic carbocycles. The number of ether oxygens (including phenoxy) is 1. The number of aliphatic hydroxyl groups excluding tert-OH is 1. The number of aromatic nitrogens is 1. The molecule has 0 spiro atoms. The monoisotopic (exact) mass is 247 g/mol. The fourth-order valence-electron chi connectivity index (χ4n) is 2.08. The van der Waals surface area contributed by atoms with Crippen molar-refractivity contribution in [3.8, 4) is 0 Å². The Hall–Kier alpha value is -1.32. The average Bonchev–Trinajstić information content (AvgIpc) is 2.66. The fourth-order valence-corrected chi connectivity index (χ4v) is 2.08. The Labute approximate surface area is 108 Å². The van der Waals surface area contributed by atoms with E-state index in [1.54, 1.807) is 0 Å². The van der Waals surface area contributed by atoms with Crippen molar-refractivity contribution in [1.29, 1.82) is 0 Å². The van der Waals surface area contributed by atoms with Crippen molar-refractivity contribution in [3.05, 3.63) is 36.0 Å². The molecule has 2 aromatic rings. The van der Waals surface area contributed by atoms with Gasteiger partial charge in [0.1, 0.15) is 0 Å². The van der Waals surface area contributed by atoms with Gasteiger partial charge in [0.2, 0.25) is 0 Å². The van der Waals surface area contributed by atoms with Crippen molar-refractivity contribution in [3.63, 3.8) is 0 Å². The maximum absolute atomic E-state index is 9.36. The van der Waals surface area contributed by atoms with Crippen LogP contribution < -0.4 is 0 Å². The molecular weight excluding hydrogens is 226 g/mol. The van der Waals surface area contributed by atoms with Crippen LogP contribution in [0, 0.1) is 0 Å². The minimum atomic E-state index is -0.108. The molecule has 0 radical (unpaired) electrons. The largest absolute Gasteiger partial charge is 0.392 e. The first-order valence-electron chi connectivity index (χ1n) is 6.33. The summed E-state index contributed by atoms with van der Waals surface area (Å²) in [6.45, 7) is 7.72. The highest BCUT2D eigenvalue weighted by Gasteiger charge is 2.11. The molecule has 0 bridgehead atoms. The minimum absolute atomic E-state index is 0.0770. The minimum Gasteiger partial charge on any atom is -0.392 e. The van der Waals surface area contributed by atoms with Crippen molar-refractivity contribution in [2.45, 2.75) is 39.5 Å². The molecule has 0 saturated carbocycles. The molecule has 1 aromatic heterocycles. The van der Waals surface area contributed by atoms with Gasteiger partial charge in [0.05, 0.1) is 18.8 Å². The Kier molecular flexibility index (Phi) is 3.73. The van der Waals surface area contributed by atoms with Gasteiger partial charge >= 0.3 is 0 Å². The van der Waals surface area contributed by atoms with Crippen molar-refractivity contribution < 1.29 is 9.84 Å². The Balaban J connectivity index is 2.18. The van der Waals surface area contributed by atoms with Crippen LogP contribution in [0.25, 0.3) is 10.9 Å². The molecule has 1 heterocycles. The normalized spacial score (nSPS) is 12.2. The standard InChI is InChI=1S/C15H21NO2/c1-15(2,3)18-9-8-16-10-12(11-17)13-6-4-5-7-14(13)16/h4-7,10,17H,8-9,11H2,1-3H3. The molecule has 0 aliphatic rings. The molecule has 3 heteroatoms. The van der Waals surface area contributed by atoms with Crippen molar-refractivity contribution in [2.24, 2.45) is 0 Å². The summed E-state index contributed by atoms with van der Waals surface area (Å²) < 4.78 is 7.89. The first-order chi connectivity index (χ1) is 8.51. The van der Waals surface area contributed by atoms with Crippen LogP contribution in [0.5, 0.6) is 0 Å². The zero-order valence-electron chi connectivity index (χ0n) is 11.3. The van der Waals surface area contributed by atoms with Gasteiger partial charge in [0.15, 0.2) is 0 Å². The van der Waals surface area contributed by atoms with Gasteiger partial charge in [-0.15, -0.1) is 0 Å². The van der Waals surface area contributed by atoms with Crippen LogP contribution in [0.4, 0.5) is 0 Å². The maximum atomic E-state index is 9.36. The average molecular weight is 247 g/mol. The third-order valence-electron chi connectivity index (χ3n) is 2.91. The molecular formula is C15H21NO2. The Morgan fingerprint density at radius 3 is 2.61 bits per heavy atom. The summed E-state index contributed by atoms with van der Waals surface area (Å²) in [5, 5.41) is 10.5. The van der Waals surface area contributed by atoms with E-state index in [1.165, 1.54) is 0 Å². The van der Waals surface area contributed by atoms with E-state index in [-0.39, 0.29) is 12.2 Å². The Morgan fingerprint density at radius 1 is 1.22 bits per heavy atom. The number of hydrogen-bond donors (Lipinski definition) is 1. The second-order valence-corrected chi connectivity index (χ2v) is 5.48. The van der Waals surface area contributed by atoms with Crippen molar-refractivity contribution in [1.82, 2.24) is 4.57 Å². The van der Waals surface area contributed by atoms with Gasteiger partial charge in [0, 0.05) is 29.2 Å². The van der Waals surface area contributed by atoms with Crippen molar-refractivity contribution in [2.75, 3.05) is 6.61 Å². The van der Waals surface area contributed by atoms with Gasteiger partial charge in [-0.3, -0.25) is 0 Å². The van der Waals surface area contributed by atoms with Crippen LogP contribution in [0.2, 0.25) is 0 Å². The lowest BCUT2D eigenvalue weighted by molar-refractivity contribution is -0.00646. The van der Waals surface area contributed by atoms with Crippen LogP contribution in [0.15, 0.2) is 30.5 Å². The second kappa shape index (κ2) is 5.12. The number of nitrogens with zero attached hydrogens (tertiary/aromatic N) is 1. The molecule has 0 fully saturated rings. The first kappa shape index (κ1) is 13.1. The van der Waals surface area contributed by atoms with Crippen LogP contribution in [-0.2, 0) is 17.9 Å². The molecule has 1 aromatic carbocycles. The smallest absolute Gasteiger partial charge is 0.0702 e. The zero-order chi connectivity index (χ0) is 13.2. The SMILES string of the molecule is CC(C)(C)OCCn1cc(CO)c2ccccc21. The van der Waals surface area contributed by atoms with E-state index in [1.807, 2.05) is 24.4 Å². The molecule has 0 saturated heterocycles. The summed E-state index contributed by atoms with van der Waals surface area (Å²) in [4.78, 5) is 0. The predicted molar refractivity (Wildman–Crippen MR) is 73.6 cm³/mol. The highest BCUT2D eigenvalue weighted by atomic mass is 16.5. The quantitative estimate of drug-likeness (QED) is 0.901. The van der Waals surface area contributed by atoms with Gasteiger partial charge in [-0.1, -0.05) is 18.2 Å².